The molecule has 1 N–H and O–H groups in total. The number of rotatable bonds is 7. The van der Waals surface area contributed by atoms with E-state index in [0.717, 1.165) is 17.9 Å². The van der Waals surface area contributed by atoms with Gasteiger partial charge in [0.15, 0.2) is 6.61 Å². The second-order valence-electron chi connectivity index (χ2n) is 5.44. The van der Waals surface area contributed by atoms with Gasteiger partial charge >= 0.3 is 0 Å². The fraction of sp³-hybridized carbons (Fsp3) is 0.316. The van der Waals surface area contributed by atoms with Crippen LogP contribution < -0.4 is 14.8 Å². The number of hydrogen-bond donors (Lipinski definition) is 1. The van der Waals surface area contributed by atoms with E-state index in [9.17, 15) is 4.79 Å². The third-order valence-corrected chi connectivity index (χ3v) is 3.81. The highest BCUT2D eigenvalue weighted by molar-refractivity contribution is 5.91. The van der Waals surface area contributed by atoms with Crippen LogP contribution in [-0.2, 0) is 4.79 Å². The molecule has 0 saturated carbocycles. The number of anilines is 1. The molecule has 4 nitrogen and oxygen atoms in total. The van der Waals surface area contributed by atoms with Crippen molar-refractivity contribution in [1.29, 1.82) is 0 Å². The third-order valence-electron chi connectivity index (χ3n) is 3.81. The Morgan fingerprint density at radius 1 is 1.04 bits per heavy atom. The van der Waals surface area contributed by atoms with Gasteiger partial charge in [-0.3, -0.25) is 4.79 Å². The highest BCUT2D eigenvalue weighted by Crippen LogP contribution is 2.20. The molecule has 23 heavy (non-hydrogen) atoms. The Hall–Kier alpha value is -2.49. The van der Waals surface area contributed by atoms with Crippen LogP contribution in [0.5, 0.6) is 11.5 Å². The van der Waals surface area contributed by atoms with Crippen LogP contribution in [0, 0.1) is 0 Å². The van der Waals surface area contributed by atoms with Crippen molar-refractivity contribution in [3.63, 3.8) is 0 Å². The smallest absolute Gasteiger partial charge is 0.262 e. The molecule has 1 atom stereocenters. The van der Waals surface area contributed by atoms with Gasteiger partial charge in [-0.15, -0.1) is 0 Å². The Morgan fingerprint density at radius 2 is 1.65 bits per heavy atom. The molecular formula is C19H23NO3. The van der Waals surface area contributed by atoms with E-state index in [1.807, 2.05) is 24.3 Å². The molecule has 0 aromatic heterocycles. The van der Waals surface area contributed by atoms with E-state index in [1.54, 1.807) is 31.4 Å². The van der Waals surface area contributed by atoms with Gasteiger partial charge < -0.3 is 14.8 Å². The van der Waals surface area contributed by atoms with Crippen molar-refractivity contribution in [2.24, 2.45) is 0 Å². The first-order valence-corrected chi connectivity index (χ1v) is 7.79. The number of nitrogens with one attached hydrogen (secondary N) is 1. The predicted molar refractivity (Wildman–Crippen MR) is 92.3 cm³/mol. The van der Waals surface area contributed by atoms with Crippen LogP contribution in [0.4, 0.5) is 5.69 Å². The van der Waals surface area contributed by atoms with Crippen molar-refractivity contribution < 1.29 is 14.3 Å². The van der Waals surface area contributed by atoms with E-state index in [4.69, 9.17) is 9.47 Å². The summed E-state index contributed by atoms with van der Waals surface area (Å²) in [6.45, 7) is 4.33. The maximum absolute atomic E-state index is 11.9. The predicted octanol–water partition coefficient (Wildman–Crippen LogP) is 4.23. The second kappa shape index (κ2) is 8.22. The average molecular weight is 313 g/mol. The fourth-order valence-corrected chi connectivity index (χ4v) is 2.15. The molecule has 0 radical (unpaired) electrons. The summed E-state index contributed by atoms with van der Waals surface area (Å²) >= 11 is 0. The van der Waals surface area contributed by atoms with Crippen LogP contribution in [0.1, 0.15) is 31.7 Å². The maximum Gasteiger partial charge on any atom is 0.262 e. The Balaban J connectivity index is 1.84. The molecule has 0 unspecified atom stereocenters. The Kier molecular flexibility index (Phi) is 6.03. The summed E-state index contributed by atoms with van der Waals surface area (Å²) in [6.07, 6.45) is 1.10. The first kappa shape index (κ1) is 16.9. The lowest BCUT2D eigenvalue weighted by Gasteiger charge is -2.11. The van der Waals surface area contributed by atoms with Crippen LogP contribution in [0.2, 0.25) is 0 Å². The number of ether oxygens (including phenoxy) is 2. The number of carbonyl (C=O) groups excluding carboxylic acids is 1. The molecule has 2 aromatic carbocycles. The molecule has 0 aliphatic rings. The Bertz CT molecular complexity index is 620. The van der Waals surface area contributed by atoms with Crippen LogP contribution in [0.25, 0.3) is 0 Å². The minimum atomic E-state index is -0.183. The first-order chi connectivity index (χ1) is 11.1. The van der Waals surface area contributed by atoms with E-state index in [0.29, 0.717) is 11.7 Å². The van der Waals surface area contributed by atoms with Gasteiger partial charge in [-0.1, -0.05) is 26.0 Å². The van der Waals surface area contributed by atoms with E-state index in [1.165, 1.54) is 5.56 Å². The normalized spacial score (nSPS) is 11.6. The van der Waals surface area contributed by atoms with Crippen LogP contribution in [0.15, 0.2) is 48.5 Å². The van der Waals surface area contributed by atoms with Gasteiger partial charge in [-0.2, -0.15) is 0 Å². The topological polar surface area (TPSA) is 47.6 Å². The first-order valence-electron chi connectivity index (χ1n) is 7.79. The van der Waals surface area contributed by atoms with Gasteiger partial charge in [0, 0.05) is 5.69 Å². The molecular weight excluding hydrogens is 290 g/mol. The maximum atomic E-state index is 11.9. The monoisotopic (exact) mass is 313 g/mol. The van der Waals surface area contributed by atoms with Crippen molar-refractivity contribution in [2.75, 3.05) is 19.0 Å². The molecule has 4 heteroatoms. The van der Waals surface area contributed by atoms with E-state index >= 15 is 0 Å². The number of methoxy groups -OCH3 is 1. The third kappa shape index (κ3) is 5.02. The van der Waals surface area contributed by atoms with E-state index in [-0.39, 0.29) is 12.5 Å². The zero-order chi connectivity index (χ0) is 16.7. The highest BCUT2D eigenvalue weighted by Gasteiger charge is 2.06. The summed E-state index contributed by atoms with van der Waals surface area (Å²) in [5.74, 6) is 1.73. The zero-order valence-electron chi connectivity index (χ0n) is 13.8. The van der Waals surface area contributed by atoms with Gasteiger partial charge in [0.2, 0.25) is 0 Å². The summed E-state index contributed by atoms with van der Waals surface area (Å²) in [7, 11) is 1.61. The molecule has 0 spiro atoms. The minimum Gasteiger partial charge on any atom is -0.497 e. The van der Waals surface area contributed by atoms with Crippen molar-refractivity contribution >= 4 is 11.6 Å². The summed E-state index contributed by atoms with van der Waals surface area (Å²) in [5, 5.41) is 2.83. The number of carbonyl (C=O) groups is 1. The Labute approximate surface area is 137 Å². The molecule has 0 bridgehead atoms. The Morgan fingerprint density at radius 3 is 2.22 bits per heavy atom. The quantitative estimate of drug-likeness (QED) is 0.832. The second-order valence-corrected chi connectivity index (χ2v) is 5.44. The SMILES string of the molecule is CC[C@@H](C)c1ccc(NC(=O)COc2ccc(OC)cc2)cc1. The van der Waals surface area contributed by atoms with E-state index < -0.39 is 0 Å². The summed E-state index contributed by atoms with van der Waals surface area (Å²) in [6, 6.07) is 15.1. The lowest BCUT2D eigenvalue weighted by molar-refractivity contribution is -0.118. The molecule has 0 saturated heterocycles. The number of hydrogen-bond acceptors (Lipinski definition) is 3. The lowest BCUT2D eigenvalue weighted by Crippen LogP contribution is -2.20. The molecule has 0 aliphatic carbocycles. The number of benzene rings is 2. The van der Waals surface area contributed by atoms with Crippen LogP contribution >= 0.6 is 0 Å². The van der Waals surface area contributed by atoms with Crippen molar-refractivity contribution in [2.45, 2.75) is 26.2 Å². The van der Waals surface area contributed by atoms with Crippen molar-refractivity contribution in [1.82, 2.24) is 0 Å². The molecule has 0 fully saturated rings. The van der Waals surface area contributed by atoms with Crippen molar-refractivity contribution in [3.8, 4) is 11.5 Å². The zero-order valence-corrected chi connectivity index (χ0v) is 13.8. The average Bonchev–Trinajstić information content (AvgIpc) is 2.60. The lowest BCUT2D eigenvalue weighted by atomic mass is 9.99. The molecule has 0 aliphatic heterocycles. The fourth-order valence-electron chi connectivity index (χ4n) is 2.15. The van der Waals surface area contributed by atoms with Crippen molar-refractivity contribution in [3.05, 3.63) is 54.1 Å². The van der Waals surface area contributed by atoms with Gasteiger partial charge in [0.05, 0.1) is 7.11 Å². The van der Waals surface area contributed by atoms with Crippen LogP contribution in [-0.4, -0.2) is 19.6 Å². The largest absolute Gasteiger partial charge is 0.497 e. The molecule has 1 amide bonds. The molecule has 0 heterocycles. The summed E-state index contributed by atoms with van der Waals surface area (Å²) in [4.78, 5) is 11.9. The molecule has 2 rings (SSSR count). The van der Waals surface area contributed by atoms with Gasteiger partial charge in [-0.05, 0) is 54.3 Å². The highest BCUT2D eigenvalue weighted by atomic mass is 16.5. The van der Waals surface area contributed by atoms with E-state index in [2.05, 4.69) is 19.2 Å². The van der Waals surface area contributed by atoms with Gasteiger partial charge in [0.25, 0.3) is 5.91 Å². The van der Waals surface area contributed by atoms with Gasteiger partial charge in [0.1, 0.15) is 11.5 Å². The van der Waals surface area contributed by atoms with Crippen LogP contribution in [0.3, 0.4) is 0 Å². The summed E-state index contributed by atoms with van der Waals surface area (Å²) in [5.41, 5.74) is 2.06. The molecule has 122 valence electrons. The van der Waals surface area contributed by atoms with Gasteiger partial charge in [-0.25, -0.2) is 0 Å². The minimum absolute atomic E-state index is 0.0283. The standard InChI is InChI=1S/C19H23NO3/c1-4-14(2)15-5-7-16(8-6-15)20-19(21)13-23-18-11-9-17(22-3)10-12-18/h5-12,14H,4,13H2,1-3H3,(H,20,21)/t14-/m1/s1. The molecule has 2 aromatic rings. The number of amides is 1. The summed E-state index contributed by atoms with van der Waals surface area (Å²) < 4.78 is 10.5.